The second kappa shape index (κ2) is 6.77. The molecule has 1 unspecified atom stereocenters. The molecule has 1 aromatic heterocycles. The third-order valence-corrected chi connectivity index (χ3v) is 3.88. The molecule has 0 bridgehead atoms. The van der Waals surface area contributed by atoms with Gasteiger partial charge in [-0.15, -0.1) is 5.10 Å². The molecule has 2 aromatic rings. The van der Waals surface area contributed by atoms with Gasteiger partial charge in [-0.05, 0) is 50.5 Å². The molecular weight excluding hydrogens is 313 g/mol. The Hall–Kier alpha value is -2.77. The number of aromatic nitrogens is 3. The predicted octanol–water partition coefficient (Wildman–Crippen LogP) is 1.11. The molecule has 1 aromatic carbocycles. The maximum Gasteiger partial charge on any atom is 0.291 e. The van der Waals surface area contributed by atoms with Crippen LogP contribution in [0.25, 0.3) is 5.69 Å². The van der Waals surface area contributed by atoms with Crippen LogP contribution < -0.4 is 10.6 Å². The Bertz CT molecular complexity index is 756. The average Bonchev–Trinajstić information content (AvgIpc) is 2.84. The molecule has 1 aliphatic rings. The number of hydrogen-bond donors (Lipinski definition) is 2. The maximum atomic E-state index is 13.0. The average molecular weight is 331 g/mol. The molecule has 1 aliphatic heterocycles. The number of amides is 2. The summed E-state index contributed by atoms with van der Waals surface area (Å²) in [6.07, 6.45) is 2.35. The van der Waals surface area contributed by atoms with E-state index in [0.29, 0.717) is 24.5 Å². The molecule has 1 atom stereocenters. The van der Waals surface area contributed by atoms with E-state index < -0.39 is 11.9 Å². The third kappa shape index (κ3) is 3.42. The van der Waals surface area contributed by atoms with Gasteiger partial charge in [-0.2, -0.15) is 0 Å². The number of nitrogens with zero attached hydrogens (tertiary/aromatic N) is 3. The van der Waals surface area contributed by atoms with Crippen molar-refractivity contribution in [2.75, 3.05) is 6.54 Å². The zero-order valence-electron chi connectivity index (χ0n) is 13.3. The van der Waals surface area contributed by atoms with E-state index in [4.69, 9.17) is 0 Å². The highest BCUT2D eigenvalue weighted by molar-refractivity contribution is 5.94. The Balaban J connectivity index is 1.77. The molecule has 0 spiro atoms. The van der Waals surface area contributed by atoms with Crippen LogP contribution in [0.15, 0.2) is 24.3 Å². The largest absolute Gasteiger partial charge is 0.354 e. The zero-order chi connectivity index (χ0) is 17.1. The molecule has 3 rings (SSSR count). The number of carbonyl (C=O) groups is 2. The summed E-state index contributed by atoms with van der Waals surface area (Å²) >= 11 is 0. The van der Waals surface area contributed by atoms with Gasteiger partial charge in [0.25, 0.3) is 5.91 Å². The summed E-state index contributed by atoms with van der Waals surface area (Å²) < 4.78 is 14.5. The van der Waals surface area contributed by atoms with Crippen molar-refractivity contribution in [1.29, 1.82) is 0 Å². The number of benzene rings is 1. The highest BCUT2D eigenvalue weighted by Gasteiger charge is 2.25. The molecule has 126 valence electrons. The van der Waals surface area contributed by atoms with Crippen molar-refractivity contribution in [2.45, 2.75) is 32.2 Å². The fourth-order valence-electron chi connectivity index (χ4n) is 2.61. The van der Waals surface area contributed by atoms with Crippen LogP contribution in [-0.2, 0) is 4.79 Å². The zero-order valence-corrected chi connectivity index (χ0v) is 13.3. The van der Waals surface area contributed by atoms with Crippen LogP contribution in [0.1, 0.15) is 35.7 Å². The van der Waals surface area contributed by atoms with Crippen molar-refractivity contribution >= 4 is 11.8 Å². The van der Waals surface area contributed by atoms with Crippen LogP contribution in [0.2, 0.25) is 0 Å². The second-order valence-electron chi connectivity index (χ2n) is 5.68. The van der Waals surface area contributed by atoms with Crippen LogP contribution in [0.5, 0.6) is 0 Å². The van der Waals surface area contributed by atoms with Crippen molar-refractivity contribution in [1.82, 2.24) is 25.4 Å². The highest BCUT2D eigenvalue weighted by atomic mass is 19.1. The van der Waals surface area contributed by atoms with Gasteiger partial charge in [-0.3, -0.25) is 9.59 Å². The Morgan fingerprint density at radius 3 is 2.83 bits per heavy atom. The lowest BCUT2D eigenvalue weighted by atomic mass is 10.1. The molecule has 1 fully saturated rings. The Morgan fingerprint density at radius 1 is 1.33 bits per heavy atom. The van der Waals surface area contributed by atoms with Crippen molar-refractivity contribution in [3.05, 3.63) is 41.7 Å². The summed E-state index contributed by atoms with van der Waals surface area (Å²) in [6.45, 7) is 2.33. The quantitative estimate of drug-likeness (QED) is 0.882. The van der Waals surface area contributed by atoms with E-state index in [-0.39, 0.29) is 17.5 Å². The lowest BCUT2D eigenvalue weighted by Crippen LogP contribution is -2.45. The van der Waals surface area contributed by atoms with Gasteiger partial charge in [0.1, 0.15) is 17.7 Å². The summed E-state index contributed by atoms with van der Waals surface area (Å²) in [5.41, 5.74) is 0.604. The number of hydrogen-bond acceptors (Lipinski definition) is 4. The SMILES string of the molecule is Cc1nc(C(=O)NC2CCCCNC2=O)nn1-c1ccc(F)cc1. The first-order chi connectivity index (χ1) is 11.5. The van der Waals surface area contributed by atoms with Gasteiger partial charge in [-0.25, -0.2) is 14.1 Å². The van der Waals surface area contributed by atoms with E-state index in [9.17, 15) is 14.0 Å². The number of carbonyl (C=O) groups excluding carboxylic acids is 2. The number of halogens is 1. The molecule has 8 heteroatoms. The topological polar surface area (TPSA) is 88.9 Å². The van der Waals surface area contributed by atoms with Crippen molar-refractivity contribution in [2.24, 2.45) is 0 Å². The standard InChI is InChI=1S/C16H18FN5O2/c1-10-19-14(21-22(10)12-7-5-11(17)6-8-12)16(24)20-13-4-2-3-9-18-15(13)23/h5-8,13H,2-4,9H2,1H3,(H,18,23)(H,20,24). The van der Waals surface area contributed by atoms with Crippen molar-refractivity contribution < 1.29 is 14.0 Å². The van der Waals surface area contributed by atoms with Crippen LogP contribution in [0.3, 0.4) is 0 Å². The molecule has 2 heterocycles. The summed E-state index contributed by atoms with van der Waals surface area (Å²) in [6, 6.07) is 5.16. The van der Waals surface area contributed by atoms with Crippen molar-refractivity contribution in [3.63, 3.8) is 0 Å². The van der Waals surface area contributed by atoms with E-state index in [1.807, 2.05) is 0 Å². The minimum Gasteiger partial charge on any atom is -0.354 e. The monoisotopic (exact) mass is 331 g/mol. The normalized spacial score (nSPS) is 17.9. The van der Waals surface area contributed by atoms with E-state index in [1.165, 1.54) is 16.8 Å². The molecule has 7 nitrogen and oxygen atoms in total. The van der Waals surface area contributed by atoms with Crippen LogP contribution >= 0.6 is 0 Å². The van der Waals surface area contributed by atoms with Gasteiger partial charge in [0.15, 0.2) is 0 Å². The Kier molecular flexibility index (Phi) is 4.54. The lowest BCUT2D eigenvalue weighted by Gasteiger charge is -2.13. The first-order valence-corrected chi connectivity index (χ1v) is 7.83. The number of aryl methyl sites for hydroxylation is 1. The van der Waals surface area contributed by atoms with Crippen LogP contribution in [0.4, 0.5) is 4.39 Å². The number of rotatable bonds is 3. The van der Waals surface area contributed by atoms with Gasteiger partial charge < -0.3 is 10.6 Å². The Morgan fingerprint density at radius 2 is 2.08 bits per heavy atom. The molecule has 0 saturated carbocycles. The summed E-state index contributed by atoms with van der Waals surface area (Å²) in [4.78, 5) is 28.4. The first-order valence-electron chi connectivity index (χ1n) is 7.83. The van der Waals surface area contributed by atoms with Gasteiger partial charge in [0, 0.05) is 6.54 Å². The summed E-state index contributed by atoms with van der Waals surface area (Å²) in [5.74, 6) is -0.559. The molecule has 24 heavy (non-hydrogen) atoms. The van der Waals surface area contributed by atoms with Gasteiger partial charge in [0.2, 0.25) is 11.7 Å². The highest BCUT2D eigenvalue weighted by Crippen LogP contribution is 2.11. The molecule has 2 N–H and O–H groups in total. The predicted molar refractivity (Wildman–Crippen MR) is 84.2 cm³/mol. The minimum atomic E-state index is -0.571. The smallest absolute Gasteiger partial charge is 0.291 e. The summed E-state index contributed by atoms with van der Waals surface area (Å²) in [5, 5.41) is 9.60. The fraction of sp³-hybridized carbons (Fsp3) is 0.375. The van der Waals surface area contributed by atoms with E-state index in [1.54, 1.807) is 19.1 Å². The lowest BCUT2D eigenvalue weighted by molar-refractivity contribution is -0.122. The van der Waals surface area contributed by atoms with E-state index in [0.717, 1.165) is 12.8 Å². The van der Waals surface area contributed by atoms with E-state index in [2.05, 4.69) is 20.7 Å². The minimum absolute atomic E-state index is 0.0196. The molecule has 1 saturated heterocycles. The third-order valence-electron chi connectivity index (χ3n) is 3.88. The molecule has 2 amide bonds. The first kappa shape index (κ1) is 16.1. The van der Waals surface area contributed by atoms with Crippen molar-refractivity contribution in [3.8, 4) is 5.69 Å². The van der Waals surface area contributed by atoms with Gasteiger partial charge in [-0.1, -0.05) is 0 Å². The van der Waals surface area contributed by atoms with Crippen LogP contribution in [-0.4, -0.2) is 39.2 Å². The van der Waals surface area contributed by atoms with Gasteiger partial charge in [0.05, 0.1) is 5.69 Å². The van der Waals surface area contributed by atoms with E-state index >= 15 is 0 Å². The summed E-state index contributed by atoms with van der Waals surface area (Å²) in [7, 11) is 0. The molecular formula is C16H18FN5O2. The van der Waals surface area contributed by atoms with Crippen LogP contribution in [0, 0.1) is 12.7 Å². The molecule has 0 radical (unpaired) electrons. The van der Waals surface area contributed by atoms with Gasteiger partial charge >= 0.3 is 0 Å². The number of nitrogens with one attached hydrogen (secondary N) is 2. The fourth-order valence-corrected chi connectivity index (χ4v) is 2.61. The Labute approximate surface area is 138 Å². The maximum absolute atomic E-state index is 13.0. The molecule has 0 aliphatic carbocycles. The second-order valence-corrected chi connectivity index (χ2v) is 5.68.